The average Bonchev–Trinajstić information content (AvgIpc) is 3.19. The van der Waals surface area contributed by atoms with Crippen LogP contribution in [0.1, 0.15) is 41.2 Å². The first kappa shape index (κ1) is 23.3. The highest BCUT2D eigenvalue weighted by Gasteiger charge is 2.30. The molecule has 0 bridgehead atoms. The third kappa shape index (κ3) is 4.88. The smallest absolute Gasteiger partial charge is 0.416 e. The summed E-state index contributed by atoms with van der Waals surface area (Å²) in [4.78, 5) is 8.89. The molecule has 9 heteroatoms. The molecule has 0 saturated carbocycles. The van der Waals surface area contributed by atoms with Gasteiger partial charge in [0.15, 0.2) is 5.65 Å². The van der Waals surface area contributed by atoms with Crippen molar-refractivity contribution in [2.75, 3.05) is 7.11 Å². The summed E-state index contributed by atoms with van der Waals surface area (Å²) in [7, 11) is 1.51. The van der Waals surface area contributed by atoms with E-state index >= 15 is 0 Å². The highest BCUT2D eigenvalue weighted by molar-refractivity contribution is 5.89. The van der Waals surface area contributed by atoms with E-state index in [0.717, 1.165) is 17.7 Å². The van der Waals surface area contributed by atoms with Crippen LogP contribution in [-0.4, -0.2) is 26.9 Å². The molecule has 4 aromatic rings. The maximum atomic E-state index is 13.0. The van der Waals surface area contributed by atoms with E-state index in [2.05, 4.69) is 15.1 Å². The lowest BCUT2D eigenvalue weighted by molar-refractivity contribution is -0.137. The van der Waals surface area contributed by atoms with E-state index in [4.69, 9.17) is 9.47 Å². The average molecular weight is 468 g/mol. The summed E-state index contributed by atoms with van der Waals surface area (Å²) in [5, 5.41) is 5.27. The number of benzene rings is 2. The Morgan fingerprint density at radius 2 is 1.74 bits per heavy atom. The highest BCUT2D eigenvalue weighted by Crippen LogP contribution is 2.33. The summed E-state index contributed by atoms with van der Waals surface area (Å²) < 4.78 is 51.7. The summed E-state index contributed by atoms with van der Waals surface area (Å²) >= 11 is 0. The van der Waals surface area contributed by atoms with E-state index in [-0.39, 0.29) is 0 Å². The lowest BCUT2D eigenvalue weighted by atomic mass is 10.1. The Labute approximate surface area is 194 Å². The molecule has 0 fully saturated rings. The number of rotatable bonds is 7. The predicted octanol–water partition coefficient (Wildman–Crippen LogP) is 5.96. The summed E-state index contributed by atoms with van der Waals surface area (Å²) in [5.41, 5.74) is 2.02. The minimum absolute atomic E-state index is 0.357. The second kappa shape index (κ2) is 9.54. The third-order valence-electron chi connectivity index (χ3n) is 5.35. The van der Waals surface area contributed by atoms with Crippen molar-refractivity contribution in [2.24, 2.45) is 0 Å². The SMILES string of the molecule is COc1nc(C)nc2c1c(/C=C/OCc1ccccc1)nn2C(C)c1ccc(C(F)(F)F)cc1. The number of alkyl halides is 3. The molecule has 0 saturated heterocycles. The number of aromatic nitrogens is 4. The molecule has 0 aliphatic heterocycles. The van der Waals surface area contributed by atoms with Crippen LogP contribution in [0.3, 0.4) is 0 Å². The fraction of sp³-hybridized carbons (Fsp3) is 0.240. The molecule has 176 valence electrons. The molecule has 4 rings (SSSR count). The van der Waals surface area contributed by atoms with Gasteiger partial charge < -0.3 is 9.47 Å². The Kier molecular flexibility index (Phi) is 6.54. The van der Waals surface area contributed by atoms with Crippen molar-refractivity contribution < 1.29 is 22.6 Å². The van der Waals surface area contributed by atoms with Crippen LogP contribution < -0.4 is 4.74 Å². The number of nitrogens with zero attached hydrogens (tertiary/aromatic N) is 4. The van der Waals surface area contributed by atoms with Crippen molar-refractivity contribution in [3.05, 3.63) is 89.1 Å². The number of halogens is 3. The van der Waals surface area contributed by atoms with Crippen LogP contribution in [0.5, 0.6) is 5.88 Å². The van der Waals surface area contributed by atoms with Crippen molar-refractivity contribution in [1.82, 2.24) is 19.7 Å². The van der Waals surface area contributed by atoms with Crippen LogP contribution in [0, 0.1) is 6.92 Å². The molecule has 2 heterocycles. The largest absolute Gasteiger partial charge is 0.496 e. The molecule has 6 nitrogen and oxygen atoms in total. The summed E-state index contributed by atoms with van der Waals surface area (Å²) in [5.74, 6) is 0.844. The van der Waals surface area contributed by atoms with Gasteiger partial charge in [0.2, 0.25) is 5.88 Å². The molecular weight excluding hydrogens is 445 g/mol. The van der Waals surface area contributed by atoms with Gasteiger partial charge >= 0.3 is 6.18 Å². The Balaban J connectivity index is 1.69. The van der Waals surface area contributed by atoms with Gasteiger partial charge in [-0.25, -0.2) is 9.67 Å². The molecule has 0 amide bonds. The monoisotopic (exact) mass is 468 g/mol. The minimum atomic E-state index is -4.39. The van der Waals surface area contributed by atoms with Crippen molar-refractivity contribution in [2.45, 2.75) is 32.7 Å². The van der Waals surface area contributed by atoms with Crippen LogP contribution in [-0.2, 0) is 17.5 Å². The van der Waals surface area contributed by atoms with Crippen LogP contribution >= 0.6 is 0 Å². The van der Waals surface area contributed by atoms with Crippen molar-refractivity contribution in [3.63, 3.8) is 0 Å². The predicted molar refractivity (Wildman–Crippen MR) is 122 cm³/mol. The number of fused-ring (bicyclic) bond motifs is 1. The van der Waals surface area contributed by atoms with Crippen LogP contribution in [0.2, 0.25) is 0 Å². The minimum Gasteiger partial charge on any atom is -0.496 e. The van der Waals surface area contributed by atoms with E-state index in [9.17, 15) is 13.2 Å². The summed E-state index contributed by atoms with van der Waals surface area (Å²) in [6.07, 6.45) is -1.15. The first-order chi connectivity index (χ1) is 16.3. The quantitative estimate of drug-likeness (QED) is 0.313. The number of methoxy groups -OCH3 is 1. The lowest BCUT2D eigenvalue weighted by Gasteiger charge is -2.15. The standard InChI is InChI=1S/C25H23F3N4O2/c1-16(19-9-11-20(12-10-19)25(26,27)28)32-23-22(24(33-3)30-17(2)29-23)21(31-32)13-14-34-15-18-7-5-4-6-8-18/h4-14,16H,15H2,1-3H3/b14-13+. The van der Waals surface area contributed by atoms with Gasteiger partial charge in [0.25, 0.3) is 0 Å². The molecule has 0 aliphatic rings. The Morgan fingerprint density at radius 1 is 1.03 bits per heavy atom. The molecule has 1 unspecified atom stereocenters. The molecule has 0 N–H and O–H groups in total. The molecule has 0 radical (unpaired) electrons. The second-order valence-corrected chi connectivity index (χ2v) is 7.70. The van der Waals surface area contributed by atoms with Crippen LogP contribution in [0.25, 0.3) is 17.1 Å². The number of ether oxygens (including phenoxy) is 2. The van der Waals surface area contributed by atoms with Gasteiger partial charge in [0, 0.05) is 6.08 Å². The Bertz CT molecular complexity index is 1300. The van der Waals surface area contributed by atoms with E-state index in [1.165, 1.54) is 19.2 Å². The van der Waals surface area contributed by atoms with Gasteiger partial charge in [-0.1, -0.05) is 42.5 Å². The molecule has 2 aromatic heterocycles. The molecular formula is C25H23F3N4O2. The third-order valence-corrected chi connectivity index (χ3v) is 5.35. The zero-order valence-corrected chi connectivity index (χ0v) is 18.9. The fourth-order valence-corrected chi connectivity index (χ4v) is 3.59. The van der Waals surface area contributed by atoms with Gasteiger partial charge in [0.05, 0.1) is 25.0 Å². The van der Waals surface area contributed by atoms with Gasteiger partial charge in [-0.2, -0.15) is 23.3 Å². The van der Waals surface area contributed by atoms with Crippen molar-refractivity contribution in [3.8, 4) is 5.88 Å². The maximum Gasteiger partial charge on any atom is 0.416 e. The first-order valence-corrected chi connectivity index (χ1v) is 10.6. The molecule has 1 atom stereocenters. The topological polar surface area (TPSA) is 62.1 Å². The zero-order valence-electron chi connectivity index (χ0n) is 18.9. The van der Waals surface area contributed by atoms with Crippen LogP contribution in [0.4, 0.5) is 13.2 Å². The second-order valence-electron chi connectivity index (χ2n) is 7.70. The van der Waals surface area contributed by atoms with E-state index < -0.39 is 17.8 Å². The summed E-state index contributed by atoms with van der Waals surface area (Å²) in [6.45, 7) is 3.98. The molecule has 0 spiro atoms. The zero-order chi connectivity index (χ0) is 24.3. The van der Waals surface area contributed by atoms with Gasteiger partial charge in [-0.05, 0) is 37.1 Å². The van der Waals surface area contributed by atoms with Gasteiger partial charge in [-0.3, -0.25) is 0 Å². The Morgan fingerprint density at radius 3 is 2.38 bits per heavy atom. The first-order valence-electron chi connectivity index (χ1n) is 10.6. The van der Waals surface area contributed by atoms with Gasteiger partial charge in [-0.15, -0.1) is 0 Å². The van der Waals surface area contributed by atoms with E-state index in [0.29, 0.717) is 40.6 Å². The van der Waals surface area contributed by atoms with Gasteiger partial charge in [0.1, 0.15) is 23.5 Å². The number of aryl methyl sites for hydroxylation is 1. The Hall–Kier alpha value is -3.88. The normalized spacial score (nSPS) is 12.9. The van der Waals surface area contributed by atoms with Crippen LogP contribution in [0.15, 0.2) is 60.9 Å². The van der Waals surface area contributed by atoms with Crippen molar-refractivity contribution in [1.29, 1.82) is 0 Å². The fourth-order valence-electron chi connectivity index (χ4n) is 3.59. The maximum absolute atomic E-state index is 13.0. The van der Waals surface area contributed by atoms with Crippen molar-refractivity contribution >= 4 is 17.1 Å². The van der Waals surface area contributed by atoms with E-state index in [1.807, 2.05) is 37.3 Å². The lowest BCUT2D eigenvalue weighted by Crippen LogP contribution is -2.11. The highest BCUT2D eigenvalue weighted by atomic mass is 19.4. The van der Waals surface area contributed by atoms with E-state index in [1.54, 1.807) is 23.9 Å². The molecule has 2 aromatic carbocycles. The molecule has 0 aliphatic carbocycles. The summed E-state index contributed by atoms with van der Waals surface area (Å²) in [6, 6.07) is 14.4. The number of hydrogen-bond donors (Lipinski definition) is 0. The number of hydrogen-bond acceptors (Lipinski definition) is 5. The molecule has 34 heavy (non-hydrogen) atoms.